The molecule has 1 aromatic carbocycles. The molecule has 26 heavy (non-hydrogen) atoms. The summed E-state index contributed by atoms with van der Waals surface area (Å²) in [6, 6.07) is 7.23. The first-order chi connectivity index (χ1) is 12.4. The monoisotopic (exact) mass is 483 g/mol. The van der Waals surface area contributed by atoms with Gasteiger partial charge in [0, 0.05) is 35.1 Å². The van der Waals surface area contributed by atoms with E-state index in [-0.39, 0.29) is 11.8 Å². The molecular formula is C18H19Br2N3O3. The molecule has 1 N–H and O–H groups in total. The number of hydrogen-bond acceptors (Lipinski definition) is 4. The number of piperazine rings is 1. The van der Waals surface area contributed by atoms with Crippen molar-refractivity contribution >= 4 is 49.4 Å². The maximum atomic E-state index is 12.4. The first kappa shape index (κ1) is 19.1. The summed E-state index contributed by atoms with van der Waals surface area (Å²) in [7, 11) is 0. The van der Waals surface area contributed by atoms with Crippen molar-refractivity contribution in [3.05, 3.63) is 50.8 Å². The Hall–Kier alpha value is -1.64. The van der Waals surface area contributed by atoms with Crippen LogP contribution in [0.1, 0.15) is 16.1 Å². The van der Waals surface area contributed by atoms with Gasteiger partial charge in [0.2, 0.25) is 5.91 Å². The first-order valence-corrected chi connectivity index (χ1v) is 9.83. The van der Waals surface area contributed by atoms with Gasteiger partial charge in [-0.3, -0.25) is 14.5 Å². The lowest BCUT2D eigenvalue weighted by molar-refractivity contribution is -0.117. The molecule has 0 aliphatic carbocycles. The van der Waals surface area contributed by atoms with Gasteiger partial charge in [0.1, 0.15) is 0 Å². The highest BCUT2D eigenvalue weighted by atomic mass is 79.9. The van der Waals surface area contributed by atoms with E-state index in [9.17, 15) is 9.59 Å². The standard InChI is InChI=1S/C18H19Br2N3O3/c1-12-9-13(19)10-14(20)17(12)21-16(24)11-22-4-6-23(7-5-22)18(25)15-3-2-8-26-15/h2-3,8-10H,4-7,11H2,1H3,(H,21,24). The van der Waals surface area contributed by atoms with E-state index < -0.39 is 0 Å². The minimum atomic E-state index is -0.103. The van der Waals surface area contributed by atoms with E-state index in [4.69, 9.17) is 4.42 Å². The van der Waals surface area contributed by atoms with Gasteiger partial charge >= 0.3 is 0 Å². The van der Waals surface area contributed by atoms with Gasteiger partial charge in [-0.1, -0.05) is 15.9 Å². The molecule has 3 rings (SSSR count). The molecule has 0 unspecified atom stereocenters. The molecule has 0 radical (unpaired) electrons. The molecule has 1 fully saturated rings. The van der Waals surface area contributed by atoms with Gasteiger partial charge < -0.3 is 14.6 Å². The van der Waals surface area contributed by atoms with Crippen LogP contribution in [0.25, 0.3) is 0 Å². The summed E-state index contributed by atoms with van der Waals surface area (Å²) in [5, 5.41) is 2.97. The summed E-state index contributed by atoms with van der Waals surface area (Å²) in [6.07, 6.45) is 1.50. The molecular weight excluding hydrogens is 466 g/mol. The first-order valence-electron chi connectivity index (χ1n) is 8.24. The molecule has 0 bridgehead atoms. The van der Waals surface area contributed by atoms with E-state index in [1.807, 2.05) is 24.0 Å². The fourth-order valence-electron chi connectivity index (χ4n) is 2.91. The van der Waals surface area contributed by atoms with Crippen LogP contribution in [0, 0.1) is 6.92 Å². The predicted molar refractivity (Wildman–Crippen MR) is 106 cm³/mol. The molecule has 138 valence electrons. The van der Waals surface area contributed by atoms with E-state index in [1.54, 1.807) is 17.0 Å². The Balaban J connectivity index is 1.52. The molecule has 2 amide bonds. The minimum absolute atomic E-state index is 0.0677. The number of carbonyl (C=O) groups is 2. The molecule has 1 aromatic heterocycles. The molecule has 2 heterocycles. The van der Waals surface area contributed by atoms with Crippen LogP contribution in [0.2, 0.25) is 0 Å². The second kappa shape index (κ2) is 8.37. The number of furan rings is 1. The average molecular weight is 485 g/mol. The quantitative estimate of drug-likeness (QED) is 0.721. The van der Waals surface area contributed by atoms with E-state index in [0.717, 1.165) is 20.2 Å². The van der Waals surface area contributed by atoms with Crippen LogP contribution in [0.5, 0.6) is 0 Å². The smallest absolute Gasteiger partial charge is 0.289 e. The summed E-state index contributed by atoms with van der Waals surface area (Å²) in [4.78, 5) is 28.4. The number of carbonyl (C=O) groups excluding carboxylic acids is 2. The summed E-state index contributed by atoms with van der Waals surface area (Å²) in [5.41, 5.74) is 1.76. The number of rotatable bonds is 4. The molecule has 6 nitrogen and oxygen atoms in total. The van der Waals surface area contributed by atoms with Crippen molar-refractivity contribution in [2.75, 3.05) is 38.0 Å². The van der Waals surface area contributed by atoms with Crippen molar-refractivity contribution in [1.82, 2.24) is 9.80 Å². The van der Waals surface area contributed by atoms with Crippen LogP contribution in [-0.2, 0) is 4.79 Å². The van der Waals surface area contributed by atoms with Crippen molar-refractivity contribution in [2.24, 2.45) is 0 Å². The zero-order chi connectivity index (χ0) is 18.7. The highest BCUT2D eigenvalue weighted by molar-refractivity contribution is 9.11. The predicted octanol–water partition coefficient (Wildman–Crippen LogP) is 3.51. The molecule has 1 aliphatic heterocycles. The molecule has 0 atom stereocenters. The van der Waals surface area contributed by atoms with Gasteiger partial charge in [-0.25, -0.2) is 0 Å². The third-order valence-corrected chi connectivity index (χ3v) is 5.36. The van der Waals surface area contributed by atoms with Crippen molar-refractivity contribution in [1.29, 1.82) is 0 Å². The Kier molecular flexibility index (Phi) is 6.16. The van der Waals surface area contributed by atoms with Crippen LogP contribution in [-0.4, -0.2) is 54.3 Å². The maximum absolute atomic E-state index is 12.4. The normalized spacial score (nSPS) is 15.1. The van der Waals surface area contributed by atoms with Crippen LogP contribution < -0.4 is 5.32 Å². The maximum Gasteiger partial charge on any atom is 0.289 e. The molecule has 1 aliphatic rings. The largest absolute Gasteiger partial charge is 0.459 e. The zero-order valence-corrected chi connectivity index (χ0v) is 17.5. The van der Waals surface area contributed by atoms with E-state index >= 15 is 0 Å². The van der Waals surface area contributed by atoms with Crippen LogP contribution in [0.4, 0.5) is 5.69 Å². The Morgan fingerprint density at radius 2 is 1.92 bits per heavy atom. The highest BCUT2D eigenvalue weighted by Gasteiger charge is 2.24. The Morgan fingerprint density at radius 3 is 2.54 bits per heavy atom. The number of nitrogens with one attached hydrogen (secondary N) is 1. The second-order valence-electron chi connectivity index (χ2n) is 6.17. The zero-order valence-electron chi connectivity index (χ0n) is 14.3. The van der Waals surface area contributed by atoms with Crippen molar-refractivity contribution in [3.8, 4) is 0 Å². The van der Waals surface area contributed by atoms with Crippen LogP contribution >= 0.6 is 31.9 Å². The Bertz CT molecular complexity index is 777. The lowest BCUT2D eigenvalue weighted by atomic mass is 10.2. The fraction of sp³-hybridized carbons (Fsp3) is 0.333. The molecule has 1 saturated heterocycles. The molecule has 2 aromatic rings. The Morgan fingerprint density at radius 1 is 1.19 bits per heavy atom. The number of anilines is 1. The molecule has 0 spiro atoms. The summed E-state index contributed by atoms with van der Waals surface area (Å²) >= 11 is 6.92. The Labute approximate surface area is 168 Å². The number of hydrogen-bond donors (Lipinski definition) is 1. The molecule has 8 heteroatoms. The number of benzene rings is 1. The SMILES string of the molecule is Cc1cc(Br)cc(Br)c1NC(=O)CN1CCN(C(=O)c2ccco2)CC1. The van der Waals surface area contributed by atoms with Crippen molar-refractivity contribution < 1.29 is 14.0 Å². The third-order valence-electron chi connectivity index (χ3n) is 4.28. The lowest BCUT2D eigenvalue weighted by Crippen LogP contribution is -2.50. The van der Waals surface area contributed by atoms with E-state index in [0.29, 0.717) is 38.5 Å². The molecule has 0 saturated carbocycles. The fourth-order valence-corrected chi connectivity index (χ4v) is 4.45. The highest BCUT2D eigenvalue weighted by Crippen LogP contribution is 2.30. The topological polar surface area (TPSA) is 65.8 Å². The second-order valence-corrected chi connectivity index (χ2v) is 7.94. The van der Waals surface area contributed by atoms with Gasteiger partial charge in [0.15, 0.2) is 5.76 Å². The van der Waals surface area contributed by atoms with E-state index in [2.05, 4.69) is 37.2 Å². The summed E-state index contributed by atoms with van der Waals surface area (Å²) in [6.45, 7) is 4.71. The minimum Gasteiger partial charge on any atom is -0.459 e. The third kappa shape index (κ3) is 4.55. The van der Waals surface area contributed by atoms with Gasteiger partial charge in [0.25, 0.3) is 5.91 Å². The van der Waals surface area contributed by atoms with Crippen LogP contribution in [0.15, 0.2) is 43.9 Å². The number of halogens is 2. The van der Waals surface area contributed by atoms with Crippen molar-refractivity contribution in [2.45, 2.75) is 6.92 Å². The summed E-state index contributed by atoms with van der Waals surface area (Å²) < 4.78 is 6.96. The summed E-state index contributed by atoms with van der Waals surface area (Å²) in [5.74, 6) is 0.183. The van der Waals surface area contributed by atoms with Crippen molar-refractivity contribution in [3.63, 3.8) is 0 Å². The van der Waals surface area contributed by atoms with E-state index in [1.165, 1.54) is 6.26 Å². The van der Waals surface area contributed by atoms with Gasteiger partial charge in [-0.2, -0.15) is 0 Å². The number of amides is 2. The van der Waals surface area contributed by atoms with Gasteiger partial charge in [-0.15, -0.1) is 0 Å². The number of nitrogens with zero attached hydrogens (tertiary/aromatic N) is 2. The van der Waals surface area contributed by atoms with Gasteiger partial charge in [0.05, 0.1) is 18.5 Å². The average Bonchev–Trinajstić information content (AvgIpc) is 3.13. The lowest BCUT2D eigenvalue weighted by Gasteiger charge is -2.33. The number of aryl methyl sites for hydroxylation is 1. The van der Waals surface area contributed by atoms with Crippen LogP contribution in [0.3, 0.4) is 0 Å². The van der Waals surface area contributed by atoms with Gasteiger partial charge in [-0.05, 0) is 52.7 Å².